The van der Waals surface area contributed by atoms with Gasteiger partial charge in [-0.25, -0.2) is 8.78 Å². The van der Waals surface area contributed by atoms with Crippen molar-refractivity contribution in [2.75, 3.05) is 26.2 Å². The molecular formula is C15H27F2NO3S. The molecule has 1 heterocycles. The fourth-order valence-electron chi connectivity index (χ4n) is 2.85. The van der Waals surface area contributed by atoms with Crippen molar-refractivity contribution in [2.24, 2.45) is 0 Å². The maximum Gasteiger partial charge on any atom is 0.283 e. The van der Waals surface area contributed by atoms with Crippen molar-refractivity contribution in [3.63, 3.8) is 0 Å². The molecule has 130 valence electrons. The molecule has 2 fully saturated rings. The number of hydrogen-bond acceptors (Lipinski definition) is 5. The van der Waals surface area contributed by atoms with Gasteiger partial charge in [0.25, 0.3) is 5.92 Å². The SMILES string of the molecule is CC(C)OCC(F)(F)CN1CCC(OC2CC(OS)C2)CC1. The summed E-state index contributed by atoms with van der Waals surface area (Å²) in [5.74, 6) is -2.79. The topological polar surface area (TPSA) is 30.9 Å². The van der Waals surface area contributed by atoms with Crippen LogP contribution in [0.25, 0.3) is 0 Å². The van der Waals surface area contributed by atoms with Crippen LogP contribution in [0.4, 0.5) is 8.78 Å². The minimum atomic E-state index is -2.79. The van der Waals surface area contributed by atoms with E-state index in [1.807, 2.05) is 4.90 Å². The summed E-state index contributed by atoms with van der Waals surface area (Å²) < 4.78 is 43.5. The number of alkyl halides is 2. The first-order valence-electron chi connectivity index (χ1n) is 8.05. The average molecular weight is 339 g/mol. The van der Waals surface area contributed by atoms with E-state index < -0.39 is 12.5 Å². The Morgan fingerprint density at radius 2 is 1.77 bits per heavy atom. The third kappa shape index (κ3) is 5.92. The van der Waals surface area contributed by atoms with Crippen molar-refractivity contribution in [2.45, 2.75) is 69.9 Å². The van der Waals surface area contributed by atoms with E-state index >= 15 is 0 Å². The third-order valence-corrected chi connectivity index (χ3v) is 4.50. The van der Waals surface area contributed by atoms with Crippen molar-refractivity contribution in [3.8, 4) is 0 Å². The van der Waals surface area contributed by atoms with Crippen LogP contribution in [-0.2, 0) is 13.7 Å². The van der Waals surface area contributed by atoms with Gasteiger partial charge in [-0.05, 0) is 39.6 Å². The summed E-state index contributed by atoms with van der Waals surface area (Å²) >= 11 is 3.79. The standard InChI is InChI=1S/C15H27F2NO3S/c1-11(2)19-10-15(16,17)9-18-5-3-12(4-6-18)20-13-7-14(8-13)21-22/h11-14,22H,3-10H2,1-2H3. The van der Waals surface area contributed by atoms with Crippen LogP contribution in [0.3, 0.4) is 0 Å². The van der Waals surface area contributed by atoms with Crippen molar-refractivity contribution in [3.05, 3.63) is 0 Å². The Morgan fingerprint density at radius 1 is 1.14 bits per heavy atom. The first kappa shape index (κ1) is 18.4. The first-order chi connectivity index (χ1) is 10.4. The molecule has 0 radical (unpaired) electrons. The number of piperidine rings is 1. The Hall–Kier alpha value is 0.0500. The molecule has 0 bridgehead atoms. The summed E-state index contributed by atoms with van der Waals surface area (Å²) in [5, 5.41) is 0. The Bertz CT molecular complexity index is 333. The quantitative estimate of drug-likeness (QED) is 0.544. The van der Waals surface area contributed by atoms with Gasteiger partial charge in [0, 0.05) is 25.9 Å². The van der Waals surface area contributed by atoms with Crippen LogP contribution in [0.2, 0.25) is 0 Å². The zero-order chi connectivity index (χ0) is 16.2. The highest BCUT2D eigenvalue weighted by atomic mass is 32.1. The zero-order valence-electron chi connectivity index (χ0n) is 13.3. The predicted octanol–water partition coefficient (Wildman–Crippen LogP) is 2.92. The molecule has 0 unspecified atom stereocenters. The van der Waals surface area contributed by atoms with Crippen LogP contribution in [0.1, 0.15) is 39.5 Å². The van der Waals surface area contributed by atoms with E-state index in [1.54, 1.807) is 13.8 Å². The van der Waals surface area contributed by atoms with Gasteiger partial charge < -0.3 is 13.7 Å². The minimum Gasteiger partial charge on any atom is -0.375 e. The highest BCUT2D eigenvalue weighted by Crippen LogP contribution is 2.30. The van der Waals surface area contributed by atoms with Crippen LogP contribution in [-0.4, -0.2) is 61.5 Å². The normalized spacial score (nSPS) is 28.1. The van der Waals surface area contributed by atoms with E-state index in [0.29, 0.717) is 13.1 Å². The average Bonchev–Trinajstić information content (AvgIpc) is 2.42. The molecule has 0 spiro atoms. The summed E-state index contributed by atoms with van der Waals surface area (Å²) in [6.45, 7) is 4.10. The summed E-state index contributed by atoms with van der Waals surface area (Å²) in [4.78, 5) is 1.81. The molecule has 0 aromatic carbocycles. The molecule has 0 aromatic rings. The lowest BCUT2D eigenvalue weighted by Crippen LogP contribution is -2.47. The van der Waals surface area contributed by atoms with Gasteiger partial charge in [0.2, 0.25) is 0 Å². The van der Waals surface area contributed by atoms with E-state index in [-0.39, 0.29) is 31.0 Å². The minimum absolute atomic E-state index is 0.169. The molecule has 2 rings (SSSR count). The number of likely N-dealkylation sites (tertiary alicyclic amines) is 1. The Kier molecular flexibility index (Phi) is 6.89. The van der Waals surface area contributed by atoms with Crippen molar-refractivity contribution >= 4 is 12.9 Å². The maximum absolute atomic E-state index is 13.8. The van der Waals surface area contributed by atoms with Gasteiger partial charge in [-0.2, -0.15) is 0 Å². The first-order valence-corrected chi connectivity index (χ1v) is 8.42. The second-order valence-electron chi connectivity index (χ2n) is 6.65. The Balaban J connectivity index is 1.62. The van der Waals surface area contributed by atoms with E-state index in [0.717, 1.165) is 25.7 Å². The highest BCUT2D eigenvalue weighted by molar-refractivity contribution is 7.75. The third-order valence-electron chi connectivity index (χ3n) is 4.20. The number of halogens is 2. The summed E-state index contributed by atoms with van der Waals surface area (Å²) in [6.07, 6.45) is 3.85. The molecular weight excluding hydrogens is 312 g/mol. The van der Waals surface area contributed by atoms with Crippen LogP contribution < -0.4 is 0 Å². The number of hydrogen-bond donors (Lipinski definition) is 1. The maximum atomic E-state index is 13.8. The largest absolute Gasteiger partial charge is 0.375 e. The molecule has 1 aliphatic carbocycles. The molecule has 0 amide bonds. The smallest absolute Gasteiger partial charge is 0.283 e. The zero-order valence-corrected chi connectivity index (χ0v) is 14.2. The van der Waals surface area contributed by atoms with Crippen molar-refractivity contribution < 1.29 is 22.4 Å². The fourth-order valence-corrected chi connectivity index (χ4v) is 3.02. The Labute approximate surface area is 137 Å². The number of ether oxygens (including phenoxy) is 2. The molecule has 7 heteroatoms. The lowest BCUT2D eigenvalue weighted by Gasteiger charge is -2.39. The lowest BCUT2D eigenvalue weighted by atomic mass is 9.91. The van der Waals surface area contributed by atoms with Crippen LogP contribution in [0, 0.1) is 0 Å². The lowest BCUT2D eigenvalue weighted by molar-refractivity contribution is -0.127. The van der Waals surface area contributed by atoms with Crippen molar-refractivity contribution in [1.82, 2.24) is 4.90 Å². The van der Waals surface area contributed by atoms with E-state index in [4.69, 9.17) is 13.7 Å². The summed E-state index contributed by atoms with van der Waals surface area (Å²) in [7, 11) is 0. The summed E-state index contributed by atoms with van der Waals surface area (Å²) in [6, 6.07) is 0. The van der Waals surface area contributed by atoms with Gasteiger partial charge in [-0.15, -0.1) is 0 Å². The van der Waals surface area contributed by atoms with Gasteiger partial charge >= 0.3 is 0 Å². The second kappa shape index (κ2) is 8.24. The van der Waals surface area contributed by atoms with Crippen LogP contribution in [0.5, 0.6) is 0 Å². The fraction of sp³-hybridized carbons (Fsp3) is 1.00. The highest BCUT2D eigenvalue weighted by Gasteiger charge is 2.36. The molecule has 4 nitrogen and oxygen atoms in total. The molecule has 0 aromatic heterocycles. The second-order valence-corrected chi connectivity index (χ2v) is 6.86. The monoisotopic (exact) mass is 339 g/mol. The van der Waals surface area contributed by atoms with Gasteiger partial charge in [0.1, 0.15) is 6.61 Å². The molecule has 1 saturated heterocycles. The molecule has 1 saturated carbocycles. The van der Waals surface area contributed by atoms with Gasteiger partial charge in [-0.3, -0.25) is 4.90 Å². The summed E-state index contributed by atoms with van der Waals surface area (Å²) in [5.41, 5.74) is 0. The molecule has 0 atom stereocenters. The molecule has 1 aliphatic heterocycles. The van der Waals surface area contributed by atoms with Gasteiger partial charge in [0.05, 0.1) is 31.0 Å². The van der Waals surface area contributed by atoms with Gasteiger partial charge in [-0.1, -0.05) is 0 Å². The van der Waals surface area contributed by atoms with E-state index in [1.165, 1.54) is 0 Å². The predicted molar refractivity (Wildman–Crippen MR) is 83.5 cm³/mol. The van der Waals surface area contributed by atoms with Crippen molar-refractivity contribution in [1.29, 1.82) is 0 Å². The molecule has 0 N–H and O–H groups in total. The molecule has 22 heavy (non-hydrogen) atoms. The van der Waals surface area contributed by atoms with Crippen LogP contribution in [0.15, 0.2) is 0 Å². The van der Waals surface area contributed by atoms with E-state index in [9.17, 15) is 8.78 Å². The number of nitrogens with zero attached hydrogens (tertiary/aromatic N) is 1. The Morgan fingerprint density at radius 3 is 2.32 bits per heavy atom. The van der Waals surface area contributed by atoms with Crippen LogP contribution >= 0.6 is 12.9 Å². The van der Waals surface area contributed by atoms with E-state index in [2.05, 4.69) is 12.9 Å². The molecule has 2 aliphatic rings. The number of rotatable bonds is 8. The number of thiol groups is 1. The van der Waals surface area contributed by atoms with Gasteiger partial charge in [0.15, 0.2) is 0 Å².